The van der Waals surface area contributed by atoms with Crippen molar-refractivity contribution in [1.29, 1.82) is 0 Å². The van der Waals surface area contributed by atoms with Crippen LogP contribution in [0.3, 0.4) is 0 Å². The first-order chi connectivity index (χ1) is 6.86. The van der Waals surface area contributed by atoms with Gasteiger partial charge in [0.05, 0.1) is 24.9 Å². The summed E-state index contributed by atoms with van der Waals surface area (Å²) in [6.07, 6.45) is 1.80. The minimum Gasteiger partial charge on any atom is -0.394 e. The highest BCUT2D eigenvalue weighted by Gasteiger charge is 2.05. The molecule has 1 heterocycles. The molecule has 2 aromatic rings. The minimum absolute atomic E-state index is 0.0929. The normalized spacial score (nSPS) is 11.0. The van der Waals surface area contributed by atoms with Crippen molar-refractivity contribution in [3.05, 3.63) is 30.0 Å². The summed E-state index contributed by atoms with van der Waals surface area (Å²) in [6, 6.07) is 5.95. The van der Waals surface area contributed by atoms with E-state index in [1.807, 2.05) is 18.2 Å². The average molecular weight is 191 g/mol. The van der Waals surface area contributed by atoms with Gasteiger partial charge < -0.3 is 10.8 Å². The Morgan fingerprint density at radius 2 is 2.29 bits per heavy atom. The Morgan fingerprint density at radius 3 is 3.00 bits per heavy atom. The van der Waals surface area contributed by atoms with Gasteiger partial charge >= 0.3 is 0 Å². The van der Waals surface area contributed by atoms with E-state index in [1.165, 1.54) is 0 Å². The van der Waals surface area contributed by atoms with Crippen LogP contribution in [0.15, 0.2) is 24.4 Å². The summed E-state index contributed by atoms with van der Waals surface area (Å²) in [7, 11) is 0. The maximum atomic E-state index is 8.87. The molecule has 0 spiro atoms. The molecule has 1 aromatic heterocycles. The van der Waals surface area contributed by atoms with E-state index >= 15 is 0 Å². The van der Waals surface area contributed by atoms with Crippen LogP contribution in [0, 0.1) is 0 Å². The third-order valence-electron chi connectivity index (χ3n) is 2.28. The molecule has 0 unspecified atom stereocenters. The standard InChI is InChI=1S/C10H13N3O/c11-6-8-2-1-3-9-7-12-13(4-5-14)10(8)9/h1-3,7,14H,4-6,11H2. The Balaban J connectivity index is 2.62. The van der Waals surface area contributed by atoms with E-state index in [4.69, 9.17) is 10.8 Å². The Labute approximate surface area is 81.9 Å². The second-order valence-electron chi connectivity index (χ2n) is 3.15. The lowest BCUT2D eigenvalue weighted by Crippen LogP contribution is -2.06. The lowest BCUT2D eigenvalue weighted by atomic mass is 10.1. The van der Waals surface area contributed by atoms with Gasteiger partial charge in [0, 0.05) is 11.9 Å². The molecule has 0 fully saturated rings. The predicted octanol–water partition coefficient (Wildman–Crippen LogP) is 0.487. The monoisotopic (exact) mass is 191 g/mol. The van der Waals surface area contributed by atoms with Crippen LogP contribution in [0.5, 0.6) is 0 Å². The molecule has 74 valence electrons. The number of nitrogens with two attached hydrogens (primary N) is 1. The number of hydrogen-bond acceptors (Lipinski definition) is 3. The molecule has 0 aliphatic rings. The van der Waals surface area contributed by atoms with Crippen molar-refractivity contribution in [2.24, 2.45) is 5.73 Å². The molecule has 0 amide bonds. The molecule has 3 N–H and O–H groups in total. The van der Waals surface area contributed by atoms with Gasteiger partial charge in [0.2, 0.25) is 0 Å². The van der Waals surface area contributed by atoms with Gasteiger partial charge in [0.25, 0.3) is 0 Å². The van der Waals surface area contributed by atoms with E-state index in [2.05, 4.69) is 5.10 Å². The van der Waals surface area contributed by atoms with Gasteiger partial charge in [-0.2, -0.15) is 5.10 Å². The molecule has 0 aliphatic carbocycles. The van der Waals surface area contributed by atoms with Gasteiger partial charge in [-0.25, -0.2) is 0 Å². The molecule has 0 saturated carbocycles. The van der Waals surface area contributed by atoms with Gasteiger partial charge in [0.1, 0.15) is 0 Å². The summed E-state index contributed by atoms with van der Waals surface area (Å²) in [5.41, 5.74) is 7.73. The van der Waals surface area contributed by atoms with Gasteiger partial charge in [-0.1, -0.05) is 18.2 Å². The second kappa shape index (κ2) is 3.77. The highest BCUT2D eigenvalue weighted by atomic mass is 16.3. The molecular formula is C10H13N3O. The maximum absolute atomic E-state index is 8.87. The quantitative estimate of drug-likeness (QED) is 0.742. The smallest absolute Gasteiger partial charge is 0.0728 e. The maximum Gasteiger partial charge on any atom is 0.0728 e. The summed E-state index contributed by atoms with van der Waals surface area (Å²) in [5.74, 6) is 0. The third kappa shape index (κ3) is 1.38. The van der Waals surface area contributed by atoms with E-state index in [0.717, 1.165) is 16.5 Å². The van der Waals surface area contributed by atoms with Crippen molar-refractivity contribution in [3.63, 3.8) is 0 Å². The van der Waals surface area contributed by atoms with Crippen LogP contribution in [-0.4, -0.2) is 21.5 Å². The summed E-state index contributed by atoms with van der Waals surface area (Å²) in [6.45, 7) is 1.10. The van der Waals surface area contributed by atoms with Crippen LogP contribution in [0.25, 0.3) is 10.9 Å². The molecule has 2 rings (SSSR count). The number of nitrogens with zero attached hydrogens (tertiary/aromatic N) is 2. The van der Waals surface area contributed by atoms with Gasteiger partial charge in [0.15, 0.2) is 0 Å². The Bertz CT molecular complexity index is 436. The molecule has 0 atom stereocenters. The van der Waals surface area contributed by atoms with Crippen molar-refractivity contribution in [3.8, 4) is 0 Å². The van der Waals surface area contributed by atoms with E-state index in [-0.39, 0.29) is 6.61 Å². The van der Waals surface area contributed by atoms with Gasteiger partial charge in [-0.15, -0.1) is 0 Å². The topological polar surface area (TPSA) is 64.1 Å². The fourth-order valence-electron chi connectivity index (χ4n) is 1.65. The van der Waals surface area contributed by atoms with E-state index in [1.54, 1.807) is 10.9 Å². The van der Waals surface area contributed by atoms with Crippen molar-refractivity contribution in [1.82, 2.24) is 9.78 Å². The summed E-state index contributed by atoms with van der Waals surface area (Å²) >= 11 is 0. The van der Waals surface area contributed by atoms with E-state index < -0.39 is 0 Å². The number of aromatic nitrogens is 2. The highest BCUT2D eigenvalue weighted by molar-refractivity contribution is 5.81. The first kappa shape index (κ1) is 9.18. The second-order valence-corrected chi connectivity index (χ2v) is 3.15. The molecule has 14 heavy (non-hydrogen) atoms. The average Bonchev–Trinajstić information content (AvgIpc) is 2.62. The fraction of sp³-hybridized carbons (Fsp3) is 0.300. The van der Waals surface area contributed by atoms with Crippen molar-refractivity contribution in [2.75, 3.05) is 6.61 Å². The predicted molar refractivity (Wildman–Crippen MR) is 54.7 cm³/mol. The highest BCUT2D eigenvalue weighted by Crippen LogP contribution is 2.17. The number of fused-ring (bicyclic) bond motifs is 1. The fourth-order valence-corrected chi connectivity index (χ4v) is 1.65. The van der Waals surface area contributed by atoms with E-state index in [9.17, 15) is 0 Å². The zero-order chi connectivity index (χ0) is 9.97. The molecule has 0 saturated heterocycles. The van der Waals surface area contributed by atoms with Gasteiger partial charge in [-0.05, 0) is 5.56 Å². The van der Waals surface area contributed by atoms with Crippen LogP contribution in [-0.2, 0) is 13.1 Å². The largest absolute Gasteiger partial charge is 0.394 e. The van der Waals surface area contributed by atoms with Crippen LogP contribution < -0.4 is 5.73 Å². The molecule has 4 nitrogen and oxygen atoms in total. The SMILES string of the molecule is NCc1cccc2cnn(CCO)c12. The minimum atomic E-state index is 0.0929. The Hall–Kier alpha value is -1.39. The van der Waals surface area contributed by atoms with Crippen LogP contribution in [0.2, 0.25) is 0 Å². The zero-order valence-corrected chi connectivity index (χ0v) is 7.85. The molecule has 1 aromatic carbocycles. The number of rotatable bonds is 3. The summed E-state index contributed by atoms with van der Waals surface area (Å²) in [4.78, 5) is 0. The first-order valence-corrected chi connectivity index (χ1v) is 4.61. The summed E-state index contributed by atoms with van der Waals surface area (Å²) < 4.78 is 1.79. The van der Waals surface area contributed by atoms with E-state index in [0.29, 0.717) is 13.1 Å². The number of para-hydroxylation sites is 1. The van der Waals surface area contributed by atoms with Crippen LogP contribution >= 0.6 is 0 Å². The Morgan fingerprint density at radius 1 is 1.43 bits per heavy atom. The molecule has 0 aliphatic heterocycles. The van der Waals surface area contributed by atoms with Gasteiger partial charge in [-0.3, -0.25) is 4.68 Å². The lowest BCUT2D eigenvalue weighted by molar-refractivity contribution is 0.271. The van der Waals surface area contributed by atoms with Crippen LogP contribution in [0.1, 0.15) is 5.56 Å². The van der Waals surface area contributed by atoms with Crippen LogP contribution in [0.4, 0.5) is 0 Å². The number of benzene rings is 1. The Kier molecular flexibility index (Phi) is 2.47. The number of hydrogen-bond donors (Lipinski definition) is 2. The molecule has 0 radical (unpaired) electrons. The van der Waals surface area contributed by atoms with Crippen molar-refractivity contribution < 1.29 is 5.11 Å². The van der Waals surface area contributed by atoms with Crippen molar-refractivity contribution >= 4 is 10.9 Å². The first-order valence-electron chi connectivity index (χ1n) is 4.61. The third-order valence-corrected chi connectivity index (χ3v) is 2.28. The zero-order valence-electron chi connectivity index (χ0n) is 7.85. The molecule has 4 heteroatoms. The number of aliphatic hydroxyl groups is 1. The molecule has 0 bridgehead atoms. The lowest BCUT2D eigenvalue weighted by Gasteiger charge is -2.04. The number of aliphatic hydroxyl groups excluding tert-OH is 1. The summed E-state index contributed by atoms with van der Waals surface area (Å²) in [5, 5.41) is 14.1. The van der Waals surface area contributed by atoms with Crippen molar-refractivity contribution in [2.45, 2.75) is 13.1 Å². The molecular weight excluding hydrogens is 178 g/mol.